The maximum Gasteiger partial charge on any atom is 0.335 e. The molecule has 0 unspecified atom stereocenters. The Balaban J connectivity index is 2.76. The first-order chi connectivity index (χ1) is 10.4. The molecule has 0 amide bonds. The molecule has 0 aromatic heterocycles. The van der Waals surface area contributed by atoms with Crippen LogP contribution in [0.1, 0.15) is 64.9 Å². The van der Waals surface area contributed by atoms with Crippen molar-refractivity contribution in [3.05, 3.63) is 29.8 Å². The first-order valence-electron chi connectivity index (χ1n) is 8.20. The summed E-state index contributed by atoms with van der Waals surface area (Å²) in [6, 6.07) is 7.19. The van der Waals surface area contributed by atoms with E-state index in [9.17, 15) is 14.4 Å². The fraction of sp³-hybridized carbons (Fsp3) is 0.647. The fourth-order valence-corrected chi connectivity index (χ4v) is 4.13. The standard InChI is InChI=1S/C17H29O4P/c1-4-7-8-9-14-21-16-12-10-15(11-13-16)17(5-2,6-3)22(18,19)20/h10-13H,4-9,14H2,1-3H3,(H2,18,19,20). The van der Waals surface area contributed by atoms with E-state index in [4.69, 9.17) is 4.74 Å². The Labute approximate surface area is 134 Å². The van der Waals surface area contributed by atoms with E-state index in [-0.39, 0.29) is 0 Å². The molecule has 4 nitrogen and oxygen atoms in total. The second-order valence-corrected chi connectivity index (χ2v) is 7.66. The predicted octanol–water partition coefficient (Wildman–Crippen LogP) is 4.84. The Hall–Kier alpha value is -0.830. The summed E-state index contributed by atoms with van der Waals surface area (Å²) in [6.07, 6.45) is 5.44. The Morgan fingerprint density at radius 1 is 1.00 bits per heavy atom. The van der Waals surface area contributed by atoms with Gasteiger partial charge in [-0.1, -0.05) is 52.2 Å². The highest BCUT2D eigenvalue weighted by Crippen LogP contribution is 2.60. The van der Waals surface area contributed by atoms with Crippen molar-refractivity contribution in [1.82, 2.24) is 0 Å². The van der Waals surface area contributed by atoms with Gasteiger partial charge >= 0.3 is 7.60 Å². The first kappa shape index (κ1) is 19.2. The zero-order chi connectivity index (χ0) is 16.6. The monoisotopic (exact) mass is 328 g/mol. The largest absolute Gasteiger partial charge is 0.494 e. The van der Waals surface area contributed by atoms with Gasteiger partial charge in [0.15, 0.2) is 0 Å². The van der Waals surface area contributed by atoms with Crippen LogP contribution in [-0.4, -0.2) is 16.4 Å². The molecule has 22 heavy (non-hydrogen) atoms. The van der Waals surface area contributed by atoms with Gasteiger partial charge in [0.25, 0.3) is 0 Å². The number of ether oxygens (including phenoxy) is 1. The van der Waals surface area contributed by atoms with Gasteiger partial charge in [0.2, 0.25) is 0 Å². The van der Waals surface area contributed by atoms with Crippen LogP contribution in [0.5, 0.6) is 5.75 Å². The molecule has 0 bridgehead atoms. The van der Waals surface area contributed by atoms with Crippen molar-refractivity contribution >= 4 is 7.60 Å². The molecule has 1 aromatic carbocycles. The lowest BCUT2D eigenvalue weighted by Gasteiger charge is -2.32. The minimum absolute atomic E-state index is 0.408. The molecule has 0 spiro atoms. The molecule has 126 valence electrons. The van der Waals surface area contributed by atoms with Crippen molar-refractivity contribution in [3.8, 4) is 5.75 Å². The van der Waals surface area contributed by atoms with Gasteiger partial charge < -0.3 is 14.5 Å². The molecule has 0 saturated carbocycles. The Morgan fingerprint density at radius 3 is 2.05 bits per heavy atom. The molecule has 0 aliphatic carbocycles. The number of rotatable bonds is 10. The summed E-state index contributed by atoms with van der Waals surface area (Å²) in [5, 5.41) is -1.09. The summed E-state index contributed by atoms with van der Waals surface area (Å²) >= 11 is 0. The summed E-state index contributed by atoms with van der Waals surface area (Å²) < 4.78 is 17.6. The molecule has 0 atom stereocenters. The average molecular weight is 328 g/mol. The van der Waals surface area contributed by atoms with Gasteiger partial charge in [0, 0.05) is 0 Å². The van der Waals surface area contributed by atoms with Gasteiger partial charge in [-0.3, -0.25) is 4.57 Å². The number of benzene rings is 1. The summed E-state index contributed by atoms with van der Waals surface area (Å²) in [7, 11) is -4.22. The van der Waals surface area contributed by atoms with E-state index in [0.717, 1.165) is 12.2 Å². The molecule has 1 aromatic rings. The van der Waals surface area contributed by atoms with Gasteiger partial charge in [-0.2, -0.15) is 0 Å². The molecular formula is C17H29O4P. The highest BCUT2D eigenvalue weighted by atomic mass is 31.2. The first-order valence-corrected chi connectivity index (χ1v) is 9.81. The van der Waals surface area contributed by atoms with Gasteiger partial charge in [-0.25, -0.2) is 0 Å². The van der Waals surface area contributed by atoms with E-state index in [0.29, 0.717) is 25.0 Å². The van der Waals surface area contributed by atoms with Crippen molar-refractivity contribution in [2.75, 3.05) is 6.61 Å². The fourth-order valence-electron chi connectivity index (χ4n) is 2.82. The van der Waals surface area contributed by atoms with Crippen LogP contribution in [0.4, 0.5) is 0 Å². The second-order valence-electron chi connectivity index (χ2n) is 5.72. The molecule has 0 radical (unpaired) electrons. The molecule has 5 heteroatoms. The van der Waals surface area contributed by atoms with Crippen LogP contribution >= 0.6 is 7.60 Å². The lowest BCUT2D eigenvalue weighted by Crippen LogP contribution is -2.24. The van der Waals surface area contributed by atoms with Crippen molar-refractivity contribution in [3.63, 3.8) is 0 Å². The third kappa shape index (κ3) is 4.58. The van der Waals surface area contributed by atoms with E-state index in [2.05, 4.69) is 6.92 Å². The highest BCUT2D eigenvalue weighted by Gasteiger charge is 2.45. The van der Waals surface area contributed by atoms with E-state index in [1.807, 2.05) is 26.0 Å². The Bertz CT molecular complexity index is 474. The minimum atomic E-state index is -4.22. The number of hydrogen-bond acceptors (Lipinski definition) is 2. The lowest BCUT2D eigenvalue weighted by molar-refractivity contribution is 0.303. The van der Waals surface area contributed by atoms with Crippen LogP contribution in [0.15, 0.2) is 24.3 Å². The molecule has 0 saturated heterocycles. The second kappa shape index (κ2) is 8.71. The van der Waals surface area contributed by atoms with Crippen molar-refractivity contribution in [2.24, 2.45) is 0 Å². The quantitative estimate of drug-likeness (QED) is 0.476. The van der Waals surface area contributed by atoms with Gasteiger partial charge in [0.05, 0.1) is 11.8 Å². The van der Waals surface area contributed by atoms with Crippen LogP contribution in [-0.2, 0) is 9.72 Å². The predicted molar refractivity (Wildman–Crippen MR) is 90.4 cm³/mol. The van der Waals surface area contributed by atoms with Gasteiger partial charge in [0.1, 0.15) is 5.75 Å². The Morgan fingerprint density at radius 2 is 1.59 bits per heavy atom. The van der Waals surface area contributed by atoms with Crippen LogP contribution in [0.25, 0.3) is 0 Å². The van der Waals surface area contributed by atoms with E-state index >= 15 is 0 Å². The zero-order valence-electron chi connectivity index (χ0n) is 13.9. The molecule has 0 heterocycles. The van der Waals surface area contributed by atoms with Gasteiger partial charge in [-0.05, 0) is 37.0 Å². The normalized spacial score (nSPS) is 12.4. The molecule has 0 aliphatic rings. The van der Waals surface area contributed by atoms with Crippen molar-refractivity contribution in [1.29, 1.82) is 0 Å². The van der Waals surface area contributed by atoms with Crippen LogP contribution < -0.4 is 4.74 Å². The summed E-state index contributed by atoms with van der Waals surface area (Å²) in [6.45, 7) is 6.50. The van der Waals surface area contributed by atoms with E-state index in [1.54, 1.807) is 12.1 Å². The summed E-state index contributed by atoms with van der Waals surface area (Å²) in [4.78, 5) is 19.5. The third-order valence-corrected chi connectivity index (χ3v) is 6.39. The SMILES string of the molecule is CCCCCCOc1ccc(C(CC)(CC)P(=O)(O)O)cc1. The molecule has 0 fully saturated rings. The van der Waals surface area contributed by atoms with Crippen LogP contribution in [0, 0.1) is 0 Å². The number of hydrogen-bond donors (Lipinski definition) is 2. The maximum absolute atomic E-state index is 11.9. The van der Waals surface area contributed by atoms with Crippen LogP contribution in [0.2, 0.25) is 0 Å². The van der Waals surface area contributed by atoms with Gasteiger partial charge in [-0.15, -0.1) is 0 Å². The summed E-state index contributed by atoms with van der Waals surface area (Å²) in [5.41, 5.74) is 0.684. The van der Waals surface area contributed by atoms with Crippen LogP contribution in [0.3, 0.4) is 0 Å². The average Bonchev–Trinajstić information content (AvgIpc) is 2.49. The smallest absolute Gasteiger partial charge is 0.335 e. The minimum Gasteiger partial charge on any atom is -0.494 e. The lowest BCUT2D eigenvalue weighted by atomic mass is 9.92. The van der Waals surface area contributed by atoms with Crippen molar-refractivity contribution in [2.45, 2.75) is 64.5 Å². The van der Waals surface area contributed by atoms with Crippen molar-refractivity contribution < 1.29 is 19.1 Å². The topological polar surface area (TPSA) is 66.8 Å². The molecule has 2 N–H and O–H groups in total. The molecule has 1 rings (SSSR count). The Kier molecular flexibility index (Phi) is 7.61. The third-order valence-electron chi connectivity index (χ3n) is 4.39. The maximum atomic E-state index is 11.9. The summed E-state index contributed by atoms with van der Waals surface area (Å²) in [5.74, 6) is 0.757. The zero-order valence-corrected chi connectivity index (χ0v) is 14.8. The number of unbranched alkanes of at least 4 members (excludes halogenated alkanes) is 3. The highest BCUT2D eigenvalue weighted by molar-refractivity contribution is 7.53. The molecular weight excluding hydrogens is 299 g/mol. The van der Waals surface area contributed by atoms with E-state index < -0.39 is 12.8 Å². The van der Waals surface area contributed by atoms with E-state index in [1.165, 1.54) is 19.3 Å². The molecule has 0 aliphatic heterocycles.